The second-order valence-electron chi connectivity index (χ2n) is 8.26. The van der Waals surface area contributed by atoms with Crippen molar-refractivity contribution in [1.29, 1.82) is 0 Å². The van der Waals surface area contributed by atoms with Gasteiger partial charge in [0, 0.05) is 47.9 Å². The lowest BCUT2D eigenvalue weighted by Gasteiger charge is -2.18. The van der Waals surface area contributed by atoms with Gasteiger partial charge in [0.15, 0.2) is 0 Å². The molecule has 1 saturated carbocycles. The second-order valence-corrected chi connectivity index (χ2v) is 8.26. The van der Waals surface area contributed by atoms with E-state index in [1.807, 2.05) is 6.92 Å². The number of aryl methyl sites for hydroxylation is 2. The molecule has 3 heterocycles. The van der Waals surface area contributed by atoms with Crippen molar-refractivity contribution in [1.82, 2.24) is 14.5 Å². The normalized spacial score (nSPS) is 14.2. The lowest BCUT2D eigenvalue weighted by molar-refractivity contribution is -0.117. The Morgan fingerprint density at radius 3 is 2.52 bits per heavy atom. The van der Waals surface area contributed by atoms with Crippen molar-refractivity contribution in [3.8, 4) is 11.1 Å². The molecule has 1 fully saturated rings. The summed E-state index contributed by atoms with van der Waals surface area (Å²) in [6, 6.07) is 5.32. The van der Waals surface area contributed by atoms with Crippen molar-refractivity contribution in [2.75, 3.05) is 5.32 Å². The SMILES string of the molecule is Cc1cc(C(C)(C)O)ncc1-c1cc2cnc(NC(=O)C3CC3)cc2n(C)c1=O. The predicted molar refractivity (Wildman–Crippen MR) is 112 cm³/mol. The van der Waals surface area contributed by atoms with Gasteiger partial charge in [-0.2, -0.15) is 0 Å². The van der Waals surface area contributed by atoms with Gasteiger partial charge in [-0.3, -0.25) is 14.6 Å². The highest BCUT2D eigenvalue weighted by molar-refractivity contribution is 5.95. The Morgan fingerprint density at radius 2 is 1.90 bits per heavy atom. The zero-order chi connectivity index (χ0) is 20.9. The Balaban J connectivity index is 1.77. The first-order valence-corrected chi connectivity index (χ1v) is 9.65. The maximum Gasteiger partial charge on any atom is 0.258 e. The summed E-state index contributed by atoms with van der Waals surface area (Å²) in [5.74, 6) is 0.512. The minimum atomic E-state index is -1.05. The van der Waals surface area contributed by atoms with Crippen LogP contribution in [0, 0.1) is 12.8 Å². The molecule has 0 unspecified atom stereocenters. The molecule has 0 atom stereocenters. The first-order valence-electron chi connectivity index (χ1n) is 9.65. The van der Waals surface area contributed by atoms with Gasteiger partial charge in [-0.1, -0.05) is 0 Å². The van der Waals surface area contributed by atoms with Crippen LogP contribution in [-0.4, -0.2) is 25.5 Å². The number of pyridine rings is 3. The van der Waals surface area contributed by atoms with E-state index in [2.05, 4.69) is 15.3 Å². The zero-order valence-electron chi connectivity index (χ0n) is 17.0. The Bertz CT molecular complexity index is 1190. The number of nitrogens with one attached hydrogen (secondary N) is 1. The van der Waals surface area contributed by atoms with Gasteiger partial charge in [0.25, 0.3) is 5.56 Å². The fourth-order valence-electron chi connectivity index (χ4n) is 3.37. The van der Waals surface area contributed by atoms with Gasteiger partial charge in [-0.25, -0.2) is 4.98 Å². The molecule has 1 aliphatic carbocycles. The Kier molecular flexibility index (Phi) is 4.50. The molecule has 29 heavy (non-hydrogen) atoms. The van der Waals surface area contributed by atoms with Gasteiger partial charge in [0.05, 0.1) is 11.2 Å². The van der Waals surface area contributed by atoms with Gasteiger partial charge in [-0.05, 0) is 51.3 Å². The molecule has 0 bridgehead atoms. The third-order valence-corrected chi connectivity index (χ3v) is 5.34. The largest absolute Gasteiger partial charge is 0.384 e. The molecule has 7 heteroatoms. The maximum atomic E-state index is 13.0. The average Bonchev–Trinajstić information content (AvgIpc) is 3.50. The lowest BCUT2D eigenvalue weighted by atomic mass is 9.98. The first kappa shape index (κ1) is 19.3. The molecule has 4 rings (SSSR count). The molecule has 3 aromatic rings. The number of hydrogen-bond acceptors (Lipinski definition) is 5. The van der Waals surface area contributed by atoms with Crippen LogP contribution < -0.4 is 10.9 Å². The van der Waals surface area contributed by atoms with Crippen LogP contribution in [0.15, 0.2) is 35.4 Å². The third kappa shape index (κ3) is 3.65. The lowest BCUT2D eigenvalue weighted by Crippen LogP contribution is -2.21. The van der Waals surface area contributed by atoms with E-state index < -0.39 is 5.60 Å². The average molecular weight is 392 g/mol. The Morgan fingerprint density at radius 1 is 1.17 bits per heavy atom. The monoisotopic (exact) mass is 392 g/mol. The van der Waals surface area contributed by atoms with Crippen LogP contribution in [0.1, 0.15) is 37.9 Å². The number of amides is 1. The molecule has 0 radical (unpaired) electrons. The van der Waals surface area contributed by atoms with E-state index in [1.165, 1.54) is 0 Å². The quantitative estimate of drug-likeness (QED) is 0.712. The highest BCUT2D eigenvalue weighted by Gasteiger charge is 2.29. The van der Waals surface area contributed by atoms with Crippen molar-refractivity contribution < 1.29 is 9.90 Å². The van der Waals surface area contributed by atoms with E-state index in [9.17, 15) is 14.7 Å². The van der Waals surface area contributed by atoms with E-state index in [4.69, 9.17) is 0 Å². The third-order valence-electron chi connectivity index (χ3n) is 5.34. The highest BCUT2D eigenvalue weighted by atomic mass is 16.3. The minimum absolute atomic E-state index is 0.0212. The number of rotatable bonds is 4. The summed E-state index contributed by atoms with van der Waals surface area (Å²) in [4.78, 5) is 33.7. The van der Waals surface area contributed by atoms with Crippen LogP contribution in [0.3, 0.4) is 0 Å². The molecule has 3 aromatic heterocycles. The van der Waals surface area contributed by atoms with E-state index in [-0.39, 0.29) is 17.4 Å². The summed E-state index contributed by atoms with van der Waals surface area (Å²) in [5, 5.41) is 13.8. The number of fused-ring (bicyclic) bond motifs is 1. The minimum Gasteiger partial charge on any atom is -0.384 e. The van der Waals surface area contributed by atoms with Gasteiger partial charge >= 0.3 is 0 Å². The van der Waals surface area contributed by atoms with E-state index in [1.54, 1.807) is 56.1 Å². The standard InChI is InChI=1S/C22H24N4O3/c1-12-7-18(22(2,3)29)23-11-16(12)15-8-14-10-24-19(25-20(27)13-5-6-13)9-17(14)26(4)21(15)28/h7-11,13,29H,5-6H2,1-4H3,(H,24,25,27). The van der Waals surface area contributed by atoms with Crippen LogP contribution in [0.5, 0.6) is 0 Å². The molecule has 1 amide bonds. The highest BCUT2D eigenvalue weighted by Crippen LogP contribution is 2.30. The fourth-order valence-corrected chi connectivity index (χ4v) is 3.37. The summed E-state index contributed by atoms with van der Waals surface area (Å²) in [6.45, 7) is 5.24. The van der Waals surface area contributed by atoms with Gasteiger partial charge in [0.1, 0.15) is 11.4 Å². The van der Waals surface area contributed by atoms with E-state index in [0.29, 0.717) is 28.2 Å². The van der Waals surface area contributed by atoms with E-state index >= 15 is 0 Å². The number of aliphatic hydroxyl groups is 1. The number of anilines is 1. The smallest absolute Gasteiger partial charge is 0.258 e. The van der Waals surface area contributed by atoms with Crippen LogP contribution in [-0.2, 0) is 17.4 Å². The number of carbonyl (C=O) groups is 1. The van der Waals surface area contributed by atoms with Crippen molar-refractivity contribution in [2.24, 2.45) is 13.0 Å². The van der Waals surface area contributed by atoms with Crippen LogP contribution in [0.2, 0.25) is 0 Å². The van der Waals surface area contributed by atoms with Gasteiger partial charge in [-0.15, -0.1) is 0 Å². The molecule has 7 nitrogen and oxygen atoms in total. The van der Waals surface area contributed by atoms with Crippen LogP contribution in [0.4, 0.5) is 5.82 Å². The summed E-state index contributed by atoms with van der Waals surface area (Å²) in [7, 11) is 1.70. The molecule has 2 N–H and O–H groups in total. The van der Waals surface area contributed by atoms with Crippen LogP contribution >= 0.6 is 0 Å². The molecule has 150 valence electrons. The molecular formula is C22H24N4O3. The topological polar surface area (TPSA) is 97.1 Å². The summed E-state index contributed by atoms with van der Waals surface area (Å²) < 4.78 is 1.56. The van der Waals surface area contributed by atoms with Crippen molar-refractivity contribution in [3.05, 3.63) is 52.2 Å². The number of carbonyl (C=O) groups excluding carboxylic acids is 1. The summed E-state index contributed by atoms with van der Waals surface area (Å²) in [6.07, 6.45) is 5.12. The molecule has 0 saturated heterocycles. The Hall–Kier alpha value is -3.06. The van der Waals surface area contributed by atoms with Crippen LogP contribution in [0.25, 0.3) is 22.0 Å². The number of aromatic nitrogens is 3. The second kappa shape index (κ2) is 6.77. The Labute approximate surface area is 168 Å². The van der Waals surface area contributed by atoms with E-state index in [0.717, 1.165) is 23.8 Å². The van der Waals surface area contributed by atoms with Gasteiger partial charge < -0.3 is 15.0 Å². The summed E-state index contributed by atoms with van der Waals surface area (Å²) in [5.41, 5.74) is 2.12. The van der Waals surface area contributed by atoms with Crippen molar-refractivity contribution in [2.45, 2.75) is 39.2 Å². The zero-order valence-corrected chi connectivity index (χ0v) is 17.0. The number of nitrogens with zero attached hydrogens (tertiary/aromatic N) is 3. The first-order chi connectivity index (χ1) is 13.6. The predicted octanol–water partition coefficient (Wildman–Crippen LogP) is 2.88. The van der Waals surface area contributed by atoms with Crippen molar-refractivity contribution in [3.63, 3.8) is 0 Å². The molecule has 0 aliphatic heterocycles. The fraction of sp³-hybridized carbons (Fsp3) is 0.364. The molecule has 1 aliphatic rings. The van der Waals surface area contributed by atoms with Gasteiger partial charge in [0.2, 0.25) is 5.91 Å². The number of hydrogen-bond donors (Lipinski definition) is 2. The molecular weight excluding hydrogens is 368 g/mol. The molecule has 0 spiro atoms. The van der Waals surface area contributed by atoms with Crippen molar-refractivity contribution >= 4 is 22.6 Å². The molecule has 0 aromatic carbocycles. The maximum absolute atomic E-state index is 13.0. The summed E-state index contributed by atoms with van der Waals surface area (Å²) >= 11 is 0.